The molecule has 0 saturated carbocycles. The quantitative estimate of drug-likeness (QED) is 0.758. The molecule has 0 radical (unpaired) electrons. The Labute approximate surface area is 145 Å². The van der Waals surface area contributed by atoms with E-state index in [1.807, 2.05) is 29.6 Å². The summed E-state index contributed by atoms with van der Waals surface area (Å²) in [4.78, 5) is 17.1. The van der Waals surface area contributed by atoms with Gasteiger partial charge in [-0.05, 0) is 35.1 Å². The van der Waals surface area contributed by atoms with Crippen LogP contribution in [0.1, 0.15) is 46.0 Å². The summed E-state index contributed by atoms with van der Waals surface area (Å²) >= 11 is 1.56. The molecule has 4 rings (SSSR count). The predicted octanol–water partition coefficient (Wildman–Crippen LogP) is 4.60. The van der Waals surface area contributed by atoms with Crippen LogP contribution in [0, 0.1) is 0 Å². The Hall–Kier alpha value is -2.46. The normalized spacial score (nSPS) is 12.7. The Morgan fingerprint density at radius 3 is 2.33 bits per heavy atom. The highest BCUT2D eigenvalue weighted by molar-refractivity contribution is 7.09. The van der Waals surface area contributed by atoms with E-state index in [4.69, 9.17) is 0 Å². The molecule has 24 heavy (non-hydrogen) atoms. The minimum Gasteiger partial charge on any atom is -0.340 e. The summed E-state index contributed by atoms with van der Waals surface area (Å²) in [5.74, 6) is -0.106. The second kappa shape index (κ2) is 6.21. The van der Waals surface area contributed by atoms with Gasteiger partial charge in [0.05, 0.1) is 11.0 Å². The lowest BCUT2D eigenvalue weighted by Crippen LogP contribution is -2.28. The average molecular weight is 334 g/mol. The van der Waals surface area contributed by atoms with E-state index in [1.165, 1.54) is 11.1 Å². The molecule has 3 nitrogen and oxygen atoms in total. The number of fused-ring (bicyclic) bond motifs is 3. The number of hydrogen-bond donors (Lipinski definition) is 1. The monoisotopic (exact) mass is 334 g/mol. The second-order valence-corrected chi connectivity index (χ2v) is 6.90. The maximum absolute atomic E-state index is 12.7. The molecule has 0 bridgehead atoms. The summed E-state index contributed by atoms with van der Waals surface area (Å²) in [6.45, 7) is 2.12. The summed E-state index contributed by atoms with van der Waals surface area (Å²) in [7, 11) is 0. The number of nitrogens with one attached hydrogen (secondary N) is 1. The summed E-state index contributed by atoms with van der Waals surface area (Å²) in [5.41, 5.74) is 5.21. The van der Waals surface area contributed by atoms with Crippen LogP contribution in [-0.4, -0.2) is 10.9 Å². The van der Waals surface area contributed by atoms with Gasteiger partial charge in [-0.15, -0.1) is 11.3 Å². The molecule has 3 aromatic rings. The van der Waals surface area contributed by atoms with Crippen LogP contribution in [0.5, 0.6) is 0 Å². The fourth-order valence-electron chi connectivity index (χ4n) is 3.26. The van der Waals surface area contributed by atoms with Gasteiger partial charge in [-0.2, -0.15) is 0 Å². The van der Waals surface area contributed by atoms with Gasteiger partial charge in [0.15, 0.2) is 0 Å². The molecule has 0 aliphatic heterocycles. The van der Waals surface area contributed by atoms with Crippen LogP contribution in [0.4, 0.5) is 0 Å². The Kier molecular flexibility index (Phi) is 3.90. The molecular weight excluding hydrogens is 316 g/mol. The van der Waals surface area contributed by atoms with Crippen LogP contribution >= 0.6 is 11.3 Å². The summed E-state index contributed by atoms with van der Waals surface area (Å²) < 4.78 is 0. The van der Waals surface area contributed by atoms with Gasteiger partial charge in [0.1, 0.15) is 5.69 Å². The summed E-state index contributed by atoms with van der Waals surface area (Å²) in [5, 5.41) is 6.05. The smallest absolute Gasteiger partial charge is 0.271 e. The number of nitrogens with zero attached hydrogens (tertiary/aromatic N) is 1. The van der Waals surface area contributed by atoms with Crippen LogP contribution in [0.2, 0.25) is 0 Å². The molecule has 1 aliphatic rings. The lowest BCUT2D eigenvalue weighted by molar-refractivity contribution is 0.0939. The van der Waals surface area contributed by atoms with Crippen molar-refractivity contribution in [3.8, 4) is 11.1 Å². The van der Waals surface area contributed by atoms with E-state index in [1.54, 1.807) is 11.3 Å². The minimum absolute atomic E-state index is 0.106. The second-order valence-electron chi connectivity index (χ2n) is 5.96. The van der Waals surface area contributed by atoms with Gasteiger partial charge in [0.25, 0.3) is 5.91 Å². The first-order valence-corrected chi connectivity index (χ1v) is 9.09. The number of benzene rings is 2. The average Bonchev–Trinajstić information content (AvgIpc) is 3.20. The summed E-state index contributed by atoms with van der Waals surface area (Å²) in [6.07, 6.45) is 1.96. The first kappa shape index (κ1) is 15.1. The van der Waals surface area contributed by atoms with Crippen LogP contribution in [0.25, 0.3) is 11.1 Å². The molecule has 0 atom stereocenters. The first-order valence-electron chi connectivity index (χ1n) is 8.21. The number of aryl methyl sites for hydroxylation is 1. The Morgan fingerprint density at radius 1 is 1.08 bits per heavy atom. The fourth-order valence-corrected chi connectivity index (χ4v) is 4.14. The van der Waals surface area contributed by atoms with Gasteiger partial charge in [-0.1, -0.05) is 55.5 Å². The van der Waals surface area contributed by atoms with E-state index >= 15 is 0 Å². The van der Waals surface area contributed by atoms with Gasteiger partial charge in [-0.3, -0.25) is 4.79 Å². The third-order valence-electron chi connectivity index (χ3n) is 4.36. The lowest BCUT2D eigenvalue weighted by Gasteiger charge is -2.15. The third kappa shape index (κ3) is 2.53. The molecule has 120 valence electrons. The SMILES string of the molecule is CCCc1nc(C(=O)NC2c3ccccc3-c3ccccc32)cs1. The van der Waals surface area contributed by atoms with E-state index in [9.17, 15) is 4.79 Å². The van der Waals surface area contributed by atoms with Crippen LogP contribution in [0.3, 0.4) is 0 Å². The third-order valence-corrected chi connectivity index (χ3v) is 5.27. The van der Waals surface area contributed by atoms with E-state index < -0.39 is 0 Å². The predicted molar refractivity (Wildman–Crippen MR) is 97.3 cm³/mol. The largest absolute Gasteiger partial charge is 0.340 e. The molecule has 1 heterocycles. The van der Waals surface area contributed by atoms with Crippen molar-refractivity contribution in [1.82, 2.24) is 10.3 Å². The van der Waals surface area contributed by atoms with Crippen molar-refractivity contribution in [2.45, 2.75) is 25.8 Å². The Morgan fingerprint density at radius 2 is 1.71 bits per heavy atom. The molecule has 1 aliphatic carbocycles. The molecule has 0 fully saturated rings. The van der Waals surface area contributed by atoms with Crippen molar-refractivity contribution in [2.75, 3.05) is 0 Å². The van der Waals surface area contributed by atoms with E-state index in [2.05, 4.69) is 41.5 Å². The highest BCUT2D eigenvalue weighted by Gasteiger charge is 2.29. The van der Waals surface area contributed by atoms with Crippen molar-refractivity contribution in [2.24, 2.45) is 0 Å². The zero-order chi connectivity index (χ0) is 16.5. The van der Waals surface area contributed by atoms with Crippen molar-refractivity contribution >= 4 is 17.2 Å². The fraction of sp³-hybridized carbons (Fsp3) is 0.200. The topological polar surface area (TPSA) is 42.0 Å². The number of aromatic nitrogens is 1. The van der Waals surface area contributed by atoms with E-state index in [0.29, 0.717) is 5.69 Å². The molecule has 1 aromatic heterocycles. The highest BCUT2D eigenvalue weighted by atomic mass is 32.1. The molecular formula is C20H18N2OS. The zero-order valence-electron chi connectivity index (χ0n) is 13.5. The standard InChI is InChI=1S/C20H18N2OS/c1-2-7-18-21-17(12-24-18)20(23)22-19-15-10-5-3-8-13(15)14-9-4-6-11-16(14)19/h3-6,8-12,19H,2,7H2,1H3,(H,22,23). The number of carbonyl (C=O) groups excluding carboxylic acids is 1. The van der Waals surface area contributed by atoms with Crippen molar-refractivity contribution in [3.05, 3.63) is 75.7 Å². The lowest BCUT2D eigenvalue weighted by atomic mass is 10.1. The van der Waals surface area contributed by atoms with Gasteiger partial charge < -0.3 is 5.32 Å². The van der Waals surface area contributed by atoms with Gasteiger partial charge in [-0.25, -0.2) is 4.98 Å². The number of carbonyl (C=O) groups is 1. The number of hydrogen-bond acceptors (Lipinski definition) is 3. The van der Waals surface area contributed by atoms with Crippen molar-refractivity contribution in [3.63, 3.8) is 0 Å². The van der Waals surface area contributed by atoms with Gasteiger partial charge >= 0.3 is 0 Å². The Balaban J connectivity index is 1.65. The zero-order valence-corrected chi connectivity index (χ0v) is 14.3. The van der Waals surface area contributed by atoms with Crippen LogP contribution < -0.4 is 5.32 Å². The van der Waals surface area contributed by atoms with Crippen molar-refractivity contribution in [1.29, 1.82) is 0 Å². The molecule has 0 spiro atoms. The van der Waals surface area contributed by atoms with Crippen molar-refractivity contribution < 1.29 is 4.79 Å². The molecule has 0 saturated heterocycles. The van der Waals surface area contributed by atoms with E-state index in [0.717, 1.165) is 29.0 Å². The maximum Gasteiger partial charge on any atom is 0.271 e. The maximum atomic E-state index is 12.7. The molecule has 2 aromatic carbocycles. The molecule has 1 N–H and O–H groups in total. The van der Waals surface area contributed by atoms with E-state index in [-0.39, 0.29) is 11.9 Å². The van der Waals surface area contributed by atoms with Gasteiger partial charge in [0, 0.05) is 5.38 Å². The number of thiazole rings is 1. The van der Waals surface area contributed by atoms with Crippen LogP contribution in [0.15, 0.2) is 53.9 Å². The van der Waals surface area contributed by atoms with Gasteiger partial charge in [0.2, 0.25) is 0 Å². The first-order chi connectivity index (χ1) is 11.8. The minimum atomic E-state index is -0.110. The highest BCUT2D eigenvalue weighted by Crippen LogP contribution is 2.43. The molecule has 1 amide bonds. The molecule has 4 heteroatoms. The Bertz CT molecular complexity index is 854. The number of rotatable bonds is 4. The molecule has 0 unspecified atom stereocenters. The van der Waals surface area contributed by atoms with Crippen LogP contribution in [-0.2, 0) is 6.42 Å². The summed E-state index contributed by atoms with van der Waals surface area (Å²) in [6, 6.07) is 16.4. The number of amides is 1.